The van der Waals surface area contributed by atoms with Gasteiger partial charge < -0.3 is 4.42 Å². The topological polar surface area (TPSA) is 56.2 Å². The first kappa shape index (κ1) is 14.3. The van der Waals surface area contributed by atoms with Crippen LogP contribution in [0, 0.1) is 12.7 Å². The van der Waals surface area contributed by atoms with Crippen LogP contribution in [-0.2, 0) is 0 Å². The lowest BCUT2D eigenvalue weighted by atomic mass is 10.0. The fourth-order valence-corrected chi connectivity index (χ4v) is 3.11. The van der Waals surface area contributed by atoms with E-state index in [1.165, 1.54) is 12.5 Å². The summed E-state index contributed by atoms with van der Waals surface area (Å²) in [5.41, 5.74) is 3.82. The van der Waals surface area contributed by atoms with Crippen molar-refractivity contribution in [2.75, 3.05) is 0 Å². The Bertz CT molecular complexity index is 1090. The summed E-state index contributed by atoms with van der Waals surface area (Å²) in [7, 11) is 0. The van der Waals surface area contributed by atoms with Crippen molar-refractivity contribution < 1.29 is 8.81 Å². The molecule has 0 atom stereocenters. The van der Waals surface area contributed by atoms with Gasteiger partial charge in [-0.1, -0.05) is 0 Å². The standard InChI is InChI=1S/C19H15FN4O/c1-11-8-13(4-6-15(11)20)17-18(25-10-21-17)14-5-7-16-22-23-19(12-2-3-12)24(16)9-14/h4-10,12H,2-3H2,1H3. The van der Waals surface area contributed by atoms with Gasteiger partial charge in [-0.2, -0.15) is 0 Å². The van der Waals surface area contributed by atoms with Gasteiger partial charge in [0.05, 0.1) is 0 Å². The van der Waals surface area contributed by atoms with Crippen molar-refractivity contribution in [2.45, 2.75) is 25.7 Å². The number of aromatic nitrogens is 4. The lowest BCUT2D eigenvalue weighted by molar-refractivity contribution is 0.572. The molecular formula is C19H15FN4O. The maximum Gasteiger partial charge on any atom is 0.182 e. The predicted octanol–water partition coefficient (Wildman–Crippen LogP) is 4.38. The summed E-state index contributed by atoms with van der Waals surface area (Å²) in [6.45, 7) is 1.74. The number of halogens is 1. The lowest BCUT2D eigenvalue weighted by Gasteiger charge is -2.05. The molecule has 3 heterocycles. The third kappa shape index (κ3) is 2.33. The van der Waals surface area contributed by atoms with Crippen molar-refractivity contribution in [3.63, 3.8) is 0 Å². The molecule has 1 saturated carbocycles. The molecule has 1 aromatic carbocycles. The Kier molecular flexibility index (Phi) is 3.00. The second-order valence-corrected chi connectivity index (χ2v) is 6.47. The Hall–Kier alpha value is -3.02. The van der Waals surface area contributed by atoms with Gasteiger partial charge >= 0.3 is 0 Å². The molecule has 4 aromatic rings. The van der Waals surface area contributed by atoms with Crippen LogP contribution in [0.1, 0.15) is 30.1 Å². The smallest absolute Gasteiger partial charge is 0.182 e. The van der Waals surface area contributed by atoms with E-state index < -0.39 is 0 Å². The van der Waals surface area contributed by atoms with E-state index >= 15 is 0 Å². The van der Waals surface area contributed by atoms with Crippen LogP contribution in [0.3, 0.4) is 0 Å². The summed E-state index contributed by atoms with van der Waals surface area (Å²) in [4.78, 5) is 4.34. The van der Waals surface area contributed by atoms with Crippen molar-refractivity contribution >= 4 is 5.65 Å². The molecule has 1 aliphatic rings. The van der Waals surface area contributed by atoms with Crippen molar-refractivity contribution in [3.8, 4) is 22.6 Å². The van der Waals surface area contributed by atoms with Crippen LogP contribution < -0.4 is 0 Å². The molecule has 0 bridgehead atoms. The van der Waals surface area contributed by atoms with Gasteiger partial charge in [0.1, 0.15) is 17.3 Å². The number of oxazole rings is 1. The highest BCUT2D eigenvalue weighted by molar-refractivity contribution is 5.77. The van der Waals surface area contributed by atoms with Gasteiger partial charge in [-0.25, -0.2) is 9.37 Å². The van der Waals surface area contributed by atoms with Crippen molar-refractivity contribution in [1.82, 2.24) is 19.6 Å². The van der Waals surface area contributed by atoms with Gasteiger partial charge in [0.25, 0.3) is 0 Å². The van der Waals surface area contributed by atoms with Crippen molar-refractivity contribution in [2.24, 2.45) is 0 Å². The summed E-state index contributed by atoms with van der Waals surface area (Å²) in [6.07, 6.45) is 5.73. The largest absolute Gasteiger partial charge is 0.443 e. The van der Waals surface area contributed by atoms with E-state index in [0.717, 1.165) is 35.4 Å². The molecule has 3 aromatic heterocycles. The molecular weight excluding hydrogens is 319 g/mol. The predicted molar refractivity (Wildman–Crippen MR) is 90.6 cm³/mol. The fraction of sp³-hybridized carbons (Fsp3) is 0.211. The molecule has 0 N–H and O–H groups in total. The normalized spacial score (nSPS) is 14.3. The Morgan fingerprint density at radius 1 is 1.12 bits per heavy atom. The summed E-state index contributed by atoms with van der Waals surface area (Å²) in [5.74, 6) is 1.92. The van der Waals surface area contributed by atoms with E-state index in [1.54, 1.807) is 19.1 Å². The molecule has 6 heteroatoms. The Labute approximate surface area is 143 Å². The number of hydrogen-bond donors (Lipinski definition) is 0. The average molecular weight is 334 g/mol. The van der Waals surface area contributed by atoms with Gasteiger partial charge in [0.15, 0.2) is 17.8 Å². The van der Waals surface area contributed by atoms with Crippen LogP contribution in [0.2, 0.25) is 0 Å². The van der Waals surface area contributed by atoms with E-state index in [4.69, 9.17) is 4.42 Å². The van der Waals surface area contributed by atoms with E-state index in [2.05, 4.69) is 15.2 Å². The molecule has 1 fully saturated rings. The third-order valence-corrected chi connectivity index (χ3v) is 4.63. The van der Waals surface area contributed by atoms with E-state index in [-0.39, 0.29) is 5.82 Å². The van der Waals surface area contributed by atoms with Crippen LogP contribution >= 0.6 is 0 Å². The summed E-state index contributed by atoms with van der Waals surface area (Å²) in [6, 6.07) is 8.83. The quantitative estimate of drug-likeness (QED) is 0.558. The maximum atomic E-state index is 13.6. The molecule has 25 heavy (non-hydrogen) atoms. The molecule has 1 aliphatic carbocycles. The molecule has 5 nitrogen and oxygen atoms in total. The number of pyridine rings is 1. The molecule has 0 amide bonds. The number of benzene rings is 1. The number of fused-ring (bicyclic) bond motifs is 1. The zero-order valence-corrected chi connectivity index (χ0v) is 13.6. The van der Waals surface area contributed by atoms with Gasteiger partial charge in [0, 0.05) is 23.2 Å². The Morgan fingerprint density at radius 3 is 2.76 bits per heavy atom. The van der Waals surface area contributed by atoms with Crippen molar-refractivity contribution in [3.05, 3.63) is 60.1 Å². The Morgan fingerprint density at radius 2 is 1.96 bits per heavy atom. The van der Waals surface area contributed by atoms with Crippen LogP contribution in [0.4, 0.5) is 4.39 Å². The van der Waals surface area contributed by atoms with Gasteiger partial charge in [-0.05, 0) is 55.7 Å². The second-order valence-electron chi connectivity index (χ2n) is 6.47. The van der Waals surface area contributed by atoms with Gasteiger partial charge in [-0.3, -0.25) is 4.40 Å². The minimum absolute atomic E-state index is 0.228. The molecule has 0 saturated heterocycles. The SMILES string of the molecule is Cc1cc(-c2ncoc2-c2ccc3nnc(C4CC4)n3c2)ccc1F. The van der Waals surface area contributed by atoms with Gasteiger partial charge in [0.2, 0.25) is 0 Å². The first-order valence-electron chi connectivity index (χ1n) is 8.26. The van der Waals surface area contributed by atoms with E-state index in [0.29, 0.717) is 22.9 Å². The molecule has 5 rings (SSSR count). The van der Waals surface area contributed by atoms with Crippen molar-refractivity contribution in [1.29, 1.82) is 0 Å². The van der Waals surface area contributed by atoms with Gasteiger partial charge in [-0.15, -0.1) is 10.2 Å². The highest BCUT2D eigenvalue weighted by Gasteiger charge is 2.28. The first-order valence-corrected chi connectivity index (χ1v) is 8.26. The highest BCUT2D eigenvalue weighted by Crippen LogP contribution is 2.39. The number of hydrogen-bond acceptors (Lipinski definition) is 4. The lowest BCUT2D eigenvalue weighted by Crippen LogP contribution is -1.93. The number of nitrogens with zero attached hydrogens (tertiary/aromatic N) is 4. The first-order chi connectivity index (χ1) is 12.2. The number of aryl methyl sites for hydroxylation is 1. The Balaban J connectivity index is 1.64. The summed E-state index contributed by atoms with van der Waals surface area (Å²) in [5, 5.41) is 8.54. The molecule has 0 spiro atoms. The maximum absolute atomic E-state index is 13.6. The summed E-state index contributed by atoms with van der Waals surface area (Å²) < 4.78 is 21.2. The van der Waals surface area contributed by atoms with Crippen LogP contribution in [0.5, 0.6) is 0 Å². The minimum Gasteiger partial charge on any atom is -0.443 e. The van der Waals surface area contributed by atoms with E-state index in [1.807, 2.05) is 22.7 Å². The zero-order chi connectivity index (χ0) is 17.0. The molecule has 0 radical (unpaired) electrons. The average Bonchev–Trinajstić information content (AvgIpc) is 3.19. The van der Waals surface area contributed by atoms with Crippen LogP contribution in [-0.4, -0.2) is 19.6 Å². The second kappa shape index (κ2) is 5.24. The fourth-order valence-electron chi connectivity index (χ4n) is 3.11. The third-order valence-electron chi connectivity index (χ3n) is 4.63. The van der Waals surface area contributed by atoms with E-state index in [9.17, 15) is 4.39 Å². The zero-order valence-electron chi connectivity index (χ0n) is 13.6. The molecule has 124 valence electrons. The minimum atomic E-state index is -0.228. The van der Waals surface area contributed by atoms with Crippen LogP contribution in [0.25, 0.3) is 28.2 Å². The monoisotopic (exact) mass is 334 g/mol. The number of rotatable bonds is 3. The summed E-state index contributed by atoms with van der Waals surface area (Å²) >= 11 is 0. The highest BCUT2D eigenvalue weighted by atomic mass is 19.1. The molecule has 0 aliphatic heterocycles. The molecule has 0 unspecified atom stereocenters. The van der Waals surface area contributed by atoms with Crippen LogP contribution in [0.15, 0.2) is 47.3 Å².